The van der Waals surface area contributed by atoms with Crippen LogP contribution in [0.25, 0.3) is 10.2 Å². The van der Waals surface area contributed by atoms with Crippen molar-refractivity contribution in [3.8, 4) is 0 Å². The zero-order valence-electron chi connectivity index (χ0n) is 9.95. The van der Waals surface area contributed by atoms with E-state index in [1.165, 1.54) is 23.5 Å². The number of aromatic nitrogens is 1. The monoisotopic (exact) mass is 295 g/mol. The van der Waals surface area contributed by atoms with Crippen LogP contribution in [-0.4, -0.2) is 17.5 Å². The number of hydrogen-bond acceptors (Lipinski definition) is 6. The molecule has 0 amide bonds. The number of hydrogen-bond donors (Lipinski definition) is 1. The summed E-state index contributed by atoms with van der Waals surface area (Å²) in [7, 11) is -4.43. The van der Waals surface area contributed by atoms with Crippen molar-refractivity contribution in [2.75, 3.05) is 0 Å². The molecule has 6 nitrogen and oxygen atoms in total. The van der Waals surface area contributed by atoms with Crippen molar-refractivity contribution < 1.29 is 42.5 Å². The summed E-state index contributed by atoms with van der Waals surface area (Å²) in [4.78, 5) is 0.348. The van der Waals surface area contributed by atoms with Crippen molar-refractivity contribution in [2.45, 2.75) is 18.4 Å². The fourth-order valence-corrected chi connectivity index (χ4v) is 3.24. The van der Waals surface area contributed by atoms with E-state index >= 15 is 0 Å². The van der Waals surface area contributed by atoms with Crippen LogP contribution < -0.4 is 40.2 Å². The molecule has 0 aliphatic heterocycles. The predicted molar refractivity (Wildman–Crippen MR) is 63.2 cm³/mol. The maximum absolute atomic E-state index is 10.9. The third-order valence-electron chi connectivity index (χ3n) is 2.37. The van der Waals surface area contributed by atoms with E-state index in [-0.39, 0.29) is 34.5 Å². The van der Waals surface area contributed by atoms with Gasteiger partial charge in [0, 0.05) is 6.54 Å². The normalized spacial score (nSPS) is 12.7. The average molecular weight is 295 g/mol. The molecule has 2 rings (SSSR count). The second-order valence-corrected chi connectivity index (χ2v) is 5.73. The van der Waals surface area contributed by atoms with Crippen LogP contribution in [0.4, 0.5) is 0 Å². The van der Waals surface area contributed by atoms with Crippen molar-refractivity contribution in [3.05, 3.63) is 23.0 Å². The predicted octanol–water partition coefficient (Wildman–Crippen LogP) is -2.59. The second kappa shape index (κ2) is 5.72. The minimum absolute atomic E-state index is 0. The SMILES string of the molecule is CCn1/c(=N\N)sc2cc(S(=O)(=O)[O-])ccc21.[Na+]. The number of aryl methyl sites for hydroxylation is 1. The maximum Gasteiger partial charge on any atom is 1.00 e. The number of fused-ring (bicyclic) bond motifs is 1. The zero-order valence-corrected chi connectivity index (χ0v) is 13.6. The Balaban J connectivity index is 0.00000162. The second-order valence-electron chi connectivity index (χ2n) is 3.34. The van der Waals surface area contributed by atoms with Crippen molar-refractivity contribution in [1.82, 2.24) is 4.57 Å². The molecule has 1 heterocycles. The van der Waals surface area contributed by atoms with Gasteiger partial charge < -0.3 is 15.0 Å². The Hall–Kier alpha value is -0.380. The van der Waals surface area contributed by atoms with E-state index in [9.17, 15) is 13.0 Å². The Morgan fingerprint density at radius 1 is 1.50 bits per heavy atom. The van der Waals surface area contributed by atoms with Crippen LogP contribution in [0.15, 0.2) is 28.2 Å². The average Bonchev–Trinajstić information content (AvgIpc) is 2.64. The van der Waals surface area contributed by atoms with E-state index in [4.69, 9.17) is 5.84 Å². The molecular weight excluding hydrogens is 285 g/mol. The van der Waals surface area contributed by atoms with E-state index in [0.717, 1.165) is 5.52 Å². The Labute approximate surface area is 130 Å². The van der Waals surface area contributed by atoms with Crippen molar-refractivity contribution in [2.24, 2.45) is 10.9 Å². The summed E-state index contributed by atoms with van der Waals surface area (Å²) in [5.74, 6) is 5.25. The van der Waals surface area contributed by atoms with Gasteiger partial charge in [0.1, 0.15) is 10.1 Å². The third-order valence-corrected chi connectivity index (χ3v) is 4.26. The van der Waals surface area contributed by atoms with Gasteiger partial charge in [0.15, 0.2) is 0 Å². The van der Waals surface area contributed by atoms with E-state index < -0.39 is 10.1 Å². The first-order valence-corrected chi connectivity index (χ1v) is 7.03. The molecule has 0 radical (unpaired) electrons. The molecule has 18 heavy (non-hydrogen) atoms. The first-order valence-electron chi connectivity index (χ1n) is 4.80. The molecule has 2 N–H and O–H groups in total. The Bertz CT molecular complexity index is 733. The van der Waals surface area contributed by atoms with Gasteiger partial charge in [-0.1, -0.05) is 11.3 Å². The van der Waals surface area contributed by atoms with Gasteiger partial charge >= 0.3 is 29.6 Å². The molecule has 0 atom stereocenters. The summed E-state index contributed by atoms with van der Waals surface area (Å²) in [6.45, 7) is 2.60. The molecule has 0 spiro atoms. The largest absolute Gasteiger partial charge is 1.00 e. The molecule has 0 aliphatic carbocycles. The molecular formula is C9H10N3NaO3S2. The standard InChI is InChI=1S/C9H11N3O3S2.Na/c1-2-12-7-4-3-6(17(13,14)15)5-8(7)16-9(12)11-10;/h3-5H,2,10H2,1H3,(H,13,14,15);/q;+1/p-1/b11-9+;. The summed E-state index contributed by atoms with van der Waals surface area (Å²) >= 11 is 1.25. The fourth-order valence-electron chi connectivity index (χ4n) is 1.61. The summed E-state index contributed by atoms with van der Waals surface area (Å²) < 4.78 is 35.2. The zero-order chi connectivity index (χ0) is 12.6. The van der Waals surface area contributed by atoms with Gasteiger partial charge in [-0.2, -0.15) is 5.10 Å². The van der Waals surface area contributed by atoms with Crippen molar-refractivity contribution >= 4 is 31.7 Å². The topological polar surface area (TPSA) is 101 Å². The van der Waals surface area contributed by atoms with Crippen LogP contribution in [0, 0.1) is 0 Å². The van der Waals surface area contributed by atoms with E-state index in [1.807, 2.05) is 11.5 Å². The number of benzene rings is 1. The Kier molecular flexibility index (Phi) is 4.98. The molecule has 1 aromatic carbocycles. The molecule has 9 heteroatoms. The summed E-state index contributed by atoms with van der Waals surface area (Å²) in [5.41, 5.74) is 0.814. The van der Waals surface area contributed by atoms with Gasteiger partial charge in [0.05, 0.1) is 15.1 Å². The third kappa shape index (κ3) is 2.79. The molecule has 2 aromatic rings. The Morgan fingerprint density at radius 3 is 2.67 bits per heavy atom. The number of nitrogens with zero attached hydrogens (tertiary/aromatic N) is 2. The van der Waals surface area contributed by atoms with Gasteiger partial charge in [0.2, 0.25) is 4.80 Å². The molecule has 92 valence electrons. The molecule has 0 fully saturated rings. The molecule has 0 saturated heterocycles. The maximum atomic E-state index is 10.9. The minimum atomic E-state index is -4.43. The quantitative estimate of drug-likeness (QED) is 0.284. The first-order chi connectivity index (χ1) is 7.97. The van der Waals surface area contributed by atoms with Crippen LogP contribution in [0.2, 0.25) is 0 Å². The smallest absolute Gasteiger partial charge is 0.744 e. The van der Waals surface area contributed by atoms with Gasteiger partial charge in [-0.3, -0.25) is 0 Å². The van der Waals surface area contributed by atoms with Gasteiger partial charge in [0.25, 0.3) is 0 Å². The molecule has 0 aliphatic rings. The van der Waals surface area contributed by atoms with Crippen LogP contribution in [0.3, 0.4) is 0 Å². The number of rotatable bonds is 2. The van der Waals surface area contributed by atoms with E-state index in [2.05, 4.69) is 5.10 Å². The fraction of sp³-hybridized carbons (Fsp3) is 0.222. The van der Waals surface area contributed by atoms with Crippen molar-refractivity contribution in [3.63, 3.8) is 0 Å². The van der Waals surface area contributed by atoms with Crippen LogP contribution in [-0.2, 0) is 16.7 Å². The molecule has 0 unspecified atom stereocenters. The van der Waals surface area contributed by atoms with Crippen molar-refractivity contribution in [1.29, 1.82) is 0 Å². The van der Waals surface area contributed by atoms with Gasteiger partial charge in [-0.05, 0) is 25.1 Å². The molecule has 0 bridgehead atoms. The minimum Gasteiger partial charge on any atom is -0.744 e. The number of thiazole rings is 1. The molecule has 1 aromatic heterocycles. The van der Waals surface area contributed by atoms with E-state index in [1.54, 1.807) is 6.07 Å². The van der Waals surface area contributed by atoms with Gasteiger partial charge in [-0.15, -0.1) is 0 Å². The van der Waals surface area contributed by atoms with E-state index in [0.29, 0.717) is 16.0 Å². The van der Waals surface area contributed by atoms with Crippen LogP contribution in [0.1, 0.15) is 6.92 Å². The summed E-state index contributed by atoms with van der Waals surface area (Å²) in [5, 5.41) is 3.62. The van der Waals surface area contributed by atoms with Gasteiger partial charge in [-0.25, -0.2) is 8.42 Å². The van der Waals surface area contributed by atoms with Crippen LogP contribution in [0.5, 0.6) is 0 Å². The number of nitrogens with two attached hydrogens (primary N) is 1. The Morgan fingerprint density at radius 2 is 2.17 bits per heavy atom. The molecule has 0 saturated carbocycles. The first kappa shape index (κ1) is 15.7. The summed E-state index contributed by atoms with van der Waals surface area (Å²) in [6, 6.07) is 4.24. The summed E-state index contributed by atoms with van der Waals surface area (Å²) in [6.07, 6.45) is 0. The van der Waals surface area contributed by atoms with Crippen LogP contribution >= 0.6 is 11.3 Å².